The molecule has 1 aromatic heterocycles. The second-order valence-electron chi connectivity index (χ2n) is 16.4. The Morgan fingerprint density at radius 3 is 1.57 bits per heavy atom. The normalized spacial score (nSPS) is 13.0. The fourth-order valence-electron chi connectivity index (χ4n) is 10.7. The average molecular weight is 776 g/mol. The third-order valence-electron chi connectivity index (χ3n) is 13.2. The van der Waals surface area contributed by atoms with Crippen LogP contribution in [0.15, 0.2) is 229 Å². The van der Waals surface area contributed by atoms with Crippen LogP contribution in [-0.4, -0.2) is 0 Å². The maximum absolute atomic E-state index is 7.10. The van der Waals surface area contributed by atoms with Crippen molar-refractivity contribution >= 4 is 49.8 Å². The van der Waals surface area contributed by atoms with Crippen molar-refractivity contribution in [2.45, 2.75) is 5.41 Å². The van der Waals surface area contributed by atoms with Gasteiger partial charge in [0.05, 0.1) is 16.5 Å². The summed E-state index contributed by atoms with van der Waals surface area (Å²) in [6, 6.07) is 82.1. The van der Waals surface area contributed by atoms with E-state index in [1.54, 1.807) is 0 Å². The fraction of sp³-hybridized carbons (Fsp3) is 0.0169. The number of benzene rings is 10. The van der Waals surface area contributed by atoms with Gasteiger partial charge in [-0.05, 0) is 127 Å². The highest BCUT2D eigenvalue weighted by Crippen LogP contribution is 2.63. The zero-order valence-corrected chi connectivity index (χ0v) is 33.2. The van der Waals surface area contributed by atoms with E-state index in [1.807, 2.05) is 0 Å². The Morgan fingerprint density at radius 2 is 0.885 bits per heavy atom. The number of anilines is 3. The lowest BCUT2D eigenvalue weighted by Crippen LogP contribution is -2.26. The zero-order valence-electron chi connectivity index (χ0n) is 33.2. The summed E-state index contributed by atoms with van der Waals surface area (Å²) in [7, 11) is 0. The van der Waals surface area contributed by atoms with Crippen molar-refractivity contribution in [1.82, 2.24) is 0 Å². The maximum atomic E-state index is 7.10. The van der Waals surface area contributed by atoms with Crippen molar-refractivity contribution in [2.24, 2.45) is 0 Å². The van der Waals surface area contributed by atoms with Gasteiger partial charge in [-0.15, -0.1) is 0 Å². The molecule has 2 nitrogen and oxygen atoms in total. The van der Waals surface area contributed by atoms with E-state index in [0.717, 1.165) is 55.5 Å². The van der Waals surface area contributed by atoms with Gasteiger partial charge in [-0.25, -0.2) is 0 Å². The molecule has 0 saturated heterocycles. The van der Waals surface area contributed by atoms with E-state index in [9.17, 15) is 0 Å². The third kappa shape index (κ3) is 4.85. The van der Waals surface area contributed by atoms with Gasteiger partial charge >= 0.3 is 0 Å². The van der Waals surface area contributed by atoms with E-state index >= 15 is 0 Å². The minimum absolute atomic E-state index is 0.457. The van der Waals surface area contributed by atoms with Gasteiger partial charge in [0.2, 0.25) is 0 Å². The highest BCUT2D eigenvalue weighted by Gasteiger charge is 2.51. The summed E-state index contributed by atoms with van der Waals surface area (Å²) in [5, 5.41) is 4.52. The van der Waals surface area contributed by atoms with E-state index in [0.29, 0.717) is 0 Å². The summed E-state index contributed by atoms with van der Waals surface area (Å²) in [6.07, 6.45) is 0. The molecule has 2 heteroatoms. The van der Waals surface area contributed by atoms with Gasteiger partial charge in [-0.3, -0.25) is 0 Å². The number of hydrogen-bond donors (Lipinski definition) is 0. The monoisotopic (exact) mass is 775 g/mol. The first-order valence-electron chi connectivity index (χ1n) is 21.1. The number of rotatable bonds is 5. The maximum Gasteiger partial charge on any atom is 0.145 e. The Kier molecular flexibility index (Phi) is 7.26. The molecule has 0 bridgehead atoms. The van der Waals surface area contributed by atoms with Gasteiger partial charge in [0.15, 0.2) is 0 Å². The molecule has 13 rings (SSSR count). The number of fused-ring (bicyclic) bond motifs is 14. The van der Waals surface area contributed by atoms with Crippen LogP contribution >= 0.6 is 0 Å². The molecule has 2 aliphatic carbocycles. The molecule has 0 N–H and O–H groups in total. The second kappa shape index (κ2) is 13.0. The lowest BCUT2D eigenvalue weighted by Gasteiger charge is -2.32. The van der Waals surface area contributed by atoms with Gasteiger partial charge in [0.1, 0.15) is 11.2 Å². The molecule has 0 atom stereocenters. The summed E-state index contributed by atoms with van der Waals surface area (Å²) in [5.41, 5.74) is 19.5. The SMILES string of the molecule is c1ccc(-c2cccc(-c3ccc(N(c4ccccc4)c4ccc5c(c4)C4(c6ccccc6-c6ccccc64)c4ccccc4-5)c4c3oc3cc5ccccc5cc34)c2)cc1. The predicted octanol–water partition coefficient (Wildman–Crippen LogP) is 15.9. The van der Waals surface area contributed by atoms with Crippen LogP contribution in [0.4, 0.5) is 17.1 Å². The van der Waals surface area contributed by atoms with Crippen LogP contribution in [0.1, 0.15) is 22.3 Å². The van der Waals surface area contributed by atoms with E-state index in [2.05, 4.69) is 229 Å². The first-order valence-corrected chi connectivity index (χ1v) is 21.1. The first-order chi connectivity index (χ1) is 30.3. The summed E-state index contributed by atoms with van der Waals surface area (Å²) in [4.78, 5) is 2.44. The van der Waals surface area contributed by atoms with Crippen LogP contribution < -0.4 is 4.90 Å². The number of nitrogens with zero attached hydrogens (tertiary/aromatic N) is 1. The van der Waals surface area contributed by atoms with Crippen LogP contribution in [0.2, 0.25) is 0 Å². The molecule has 0 radical (unpaired) electrons. The highest BCUT2D eigenvalue weighted by atomic mass is 16.3. The molecule has 0 aliphatic heterocycles. The Morgan fingerprint density at radius 1 is 0.344 bits per heavy atom. The second-order valence-corrected chi connectivity index (χ2v) is 16.4. The minimum atomic E-state index is -0.457. The highest BCUT2D eigenvalue weighted by molar-refractivity contribution is 6.19. The largest absolute Gasteiger partial charge is 0.455 e. The summed E-state index contributed by atoms with van der Waals surface area (Å²) in [6.45, 7) is 0. The van der Waals surface area contributed by atoms with Crippen LogP contribution in [0, 0.1) is 0 Å². The smallest absolute Gasteiger partial charge is 0.145 e. The Bertz CT molecular complexity index is 3480. The molecule has 1 spiro atoms. The molecule has 10 aromatic carbocycles. The molecular weight excluding hydrogens is 739 g/mol. The number of furan rings is 1. The van der Waals surface area contributed by atoms with Crippen LogP contribution in [0.25, 0.3) is 77.2 Å². The van der Waals surface area contributed by atoms with E-state index in [1.165, 1.54) is 61.0 Å². The topological polar surface area (TPSA) is 16.4 Å². The predicted molar refractivity (Wildman–Crippen MR) is 253 cm³/mol. The molecule has 0 saturated carbocycles. The third-order valence-corrected chi connectivity index (χ3v) is 13.2. The molecule has 1 heterocycles. The summed E-state index contributed by atoms with van der Waals surface area (Å²) >= 11 is 0. The van der Waals surface area contributed by atoms with Gasteiger partial charge in [-0.2, -0.15) is 0 Å². The molecule has 0 amide bonds. The molecule has 11 aromatic rings. The summed E-state index contributed by atoms with van der Waals surface area (Å²) < 4.78 is 7.10. The quantitative estimate of drug-likeness (QED) is 0.173. The lowest BCUT2D eigenvalue weighted by atomic mass is 9.70. The fourth-order valence-corrected chi connectivity index (χ4v) is 10.7. The van der Waals surface area contributed by atoms with Crippen LogP contribution in [0.3, 0.4) is 0 Å². The first kappa shape index (κ1) is 34.0. The molecule has 61 heavy (non-hydrogen) atoms. The minimum Gasteiger partial charge on any atom is -0.455 e. The van der Waals surface area contributed by atoms with Crippen molar-refractivity contribution in [1.29, 1.82) is 0 Å². The van der Waals surface area contributed by atoms with E-state index < -0.39 is 5.41 Å². The van der Waals surface area contributed by atoms with Crippen LogP contribution in [0.5, 0.6) is 0 Å². The standard InChI is InChI=1S/C59H37NO/c1-3-16-38(17-4-1)39-20-15-21-42(34-39)45-32-33-55(57-50-35-40-18-7-8-19-41(40)36-56(50)61-58(45)57)60(43-22-5-2-6-23-43)44-30-31-49-48-26-11-14-29-53(48)59(54(49)37-44)51-27-12-9-24-46(51)47-25-10-13-28-52(47)59/h1-37H. The lowest BCUT2D eigenvalue weighted by molar-refractivity contribution is 0.670. The molecular formula is C59H37NO. The van der Waals surface area contributed by atoms with Gasteiger partial charge in [-0.1, -0.05) is 170 Å². The van der Waals surface area contributed by atoms with Crippen LogP contribution in [-0.2, 0) is 5.41 Å². The van der Waals surface area contributed by atoms with Crippen molar-refractivity contribution in [3.63, 3.8) is 0 Å². The molecule has 284 valence electrons. The Hall–Kier alpha value is -7.94. The van der Waals surface area contributed by atoms with Crippen molar-refractivity contribution in [3.8, 4) is 44.5 Å². The number of para-hydroxylation sites is 1. The van der Waals surface area contributed by atoms with E-state index in [-0.39, 0.29) is 0 Å². The van der Waals surface area contributed by atoms with Gasteiger partial charge < -0.3 is 9.32 Å². The van der Waals surface area contributed by atoms with Crippen molar-refractivity contribution < 1.29 is 4.42 Å². The zero-order chi connectivity index (χ0) is 40.1. The van der Waals surface area contributed by atoms with Crippen molar-refractivity contribution in [2.75, 3.05) is 4.90 Å². The Labute approximate surface area is 354 Å². The Balaban J connectivity index is 1.10. The average Bonchev–Trinajstić information content (AvgIpc) is 3.96. The van der Waals surface area contributed by atoms with Gasteiger partial charge in [0.25, 0.3) is 0 Å². The molecule has 2 aliphatic rings. The molecule has 0 unspecified atom stereocenters. The molecule has 0 fully saturated rings. The summed E-state index contributed by atoms with van der Waals surface area (Å²) in [5.74, 6) is 0. The number of hydrogen-bond acceptors (Lipinski definition) is 2. The van der Waals surface area contributed by atoms with Gasteiger partial charge in [0, 0.05) is 22.3 Å². The van der Waals surface area contributed by atoms with E-state index in [4.69, 9.17) is 4.42 Å². The van der Waals surface area contributed by atoms with Crippen molar-refractivity contribution in [3.05, 3.63) is 247 Å².